The van der Waals surface area contributed by atoms with Crippen molar-refractivity contribution in [3.8, 4) is 0 Å². The first kappa shape index (κ1) is 24.6. The number of rotatable bonds is 7. The van der Waals surface area contributed by atoms with E-state index >= 15 is 0 Å². The molecular weight excluding hydrogens is 308 g/mol. The molecule has 140 valence electrons. The van der Waals surface area contributed by atoms with E-state index < -0.39 is 11.7 Å². The molecule has 0 aromatic heterocycles. The third-order valence-corrected chi connectivity index (χ3v) is 2.71. The molecule has 0 saturated heterocycles. The molecule has 0 aromatic carbocycles. The van der Waals surface area contributed by atoms with Gasteiger partial charge in [0, 0.05) is 23.2 Å². The SMILES string of the molecule is C=C(C)C(=O)NC(C)(C)CC(C)O.C=C(C)C(=O)NCC(C)(C)O. The van der Waals surface area contributed by atoms with Gasteiger partial charge in [-0.05, 0) is 54.9 Å². The van der Waals surface area contributed by atoms with Crippen molar-refractivity contribution in [3.05, 3.63) is 24.3 Å². The van der Waals surface area contributed by atoms with E-state index in [4.69, 9.17) is 5.11 Å². The van der Waals surface area contributed by atoms with Gasteiger partial charge in [-0.25, -0.2) is 0 Å². The maximum absolute atomic E-state index is 11.2. The van der Waals surface area contributed by atoms with E-state index in [0.717, 1.165) is 0 Å². The molecule has 0 rings (SSSR count). The standard InChI is InChI=1S/C10H19NO2.C8H15NO2/c1-7(2)9(13)11-10(4,5)6-8(3)12;1-6(2)7(10)9-5-8(3,4)11/h8,12H,1,6H2,2-5H3,(H,11,13);11H,1,5H2,2-4H3,(H,9,10). The topological polar surface area (TPSA) is 98.7 Å². The second-order valence-corrected chi connectivity index (χ2v) is 7.45. The lowest BCUT2D eigenvalue weighted by Gasteiger charge is -2.27. The van der Waals surface area contributed by atoms with Gasteiger partial charge in [0.15, 0.2) is 0 Å². The first-order valence-corrected chi connectivity index (χ1v) is 7.89. The molecule has 6 nitrogen and oxygen atoms in total. The molecule has 0 saturated carbocycles. The molecule has 0 aliphatic carbocycles. The summed E-state index contributed by atoms with van der Waals surface area (Å²) in [6, 6.07) is 0. The first-order chi connectivity index (χ1) is 10.6. The first-order valence-electron chi connectivity index (χ1n) is 7.89. The van der Waals surface area contributed by atoms with E-state index in [-0.39, 0.29) is 23.9 Å². The van der Waals surface area contributed by atoms with E-state index in [1.54, 1.807) is 34.6 Å². The van der Waals surface area contributed by atoms with Gasteiger partial charge in [-0.1, -0.05) is 13.2 Å². The Bertz CT molecular complexity index is 460. The smallest absolute Gasteiger partial charge is 0.246 e. The van der Waals surface area contributed by atoms with Crippen molar-refractivity contribution < 1.29 is 19.8 Å². The van der Waals surface area contributed by atoms with Crippen molar-refractivity contribution in [1.29, 1.82) is 0 Å². The fraction of sp³-hybridized carbons (Fsp3) is 0.667. The van der Waals surface area contributed by atoms with Crippen molar-refractivity contribution in [1.82, 2.24) is 10.6 Å². The molecule has 2 amide bonds. The van der Waals surface area contributed by atoms with Crippen LogP contribution in [0.5, 0.6) is 0 Å². The van der Waals surface area contributed by atoms with E-state index in [1.165, 1.54) is 0 Å². The molecule has 1 atom stereocenters. The minimum absolute atomic E-state index is 0.161. The van der Waals surface area contributed by atoms with Crippen molar-refractivity contribution in [3.63, 3.8) is 0 Å². The van der Waals surface area contributed by atoms with Crippen LogP contribution in [0, 0.1) is 0 Å². The summed E-state index contributed by atoms with van der Waals surface area (Å²) in [6.45, 7) is 19.3. The number of aliphatic hydroxyl groups excluding tert-OH is 1. The lowest BCUT2D eigenvalue weighted by molar-refractivity contribution is -0.119. The van der Waals surface area contributed by atoms with Gasteiger partial charge in [0.25, 0.3) is 0 Å². The van der Waals surface area contributed by atoms with Crippen molar-refractivity contribution >= 4 is 11.8 Å². The van der Waals surface area contributed by atoms with Crippen LogP contribution in [-0.4, -0.2) is 45.8 Å². The molecule has 4 N–H and O–H groups in total. The zero-order valence-electron chi connectivity index (χ0n) is 16.1. The number of carbonyl (C=O) groups excluding carboxylic acids is 2. The number of hydrogen-bond acceptors (Lipinski definition) is 4. The van der Waals surface area contributed by atoms with Gasteiger partial charge in [-0.2, -0.15) is 0 Å². The molecule has 0 radical (unpaired) electrons. The van der Waals surface area contributed by atoms with Gasteiger partial charge in [-0.15, -0.1) is 0 Å². The van der Waals surface area contributed by atoms with Crippen LogP contribution in [0.1, 0.15) is 54.9 Å². The molecule has 6 heteroatoms. The summed E-state index contributed by atoms with van der Waals surface area (Å²) in [5.74, 6) is -0.377. The largest absolute Gasteiger partial charge is 0.393 e. The summed E-state index contributed by atoms with van der Waals surface area (Å²) in [6.07, 6.45) is 0.117. The Kier molecular flexibility index (Phi) is 10.5. The van der Waals surface area contributed by atoms with Gasteiger partial charge in [0.05, 0.1) is 11.7 Å². The molecule has 0 bridgehead atoms. The Balaban J connectivity index is 0. The van der Waals surface area contributed by atoms with E-state index in [0.29, 0.717) is 17.6 Å². The Hall–Kier alpha value is -1.66. The zero-order chi connectivity index (χ0) is 19.7. The van der Waals surface area contributed by atoms with Crippen molar-refractivity contribution in [2.75, 3.05) is 6.54 Å². The van der Waals surface area contributed by atoms with Gasteiger partial charge in [0.1, 0.15) is 0 Å². The number of carbonyl (C=O) groups is 2. The summed E-state index contributed by atoms with van der Waals surface area (Å²) >= 11 is 0. The molecule has 0 aliphatic heterocycles. The molecule has 24 heavy (non-hydrogen) atoms. The highest BCUT2D eigenvalue weighted by Crippen LogP contribution is 2.11. The maximum atomic E-state index is 11.2. The van der Waals surface area contributed by atoms with Crippen LogP contribution in [0.2, 0.25) is 0 Å². The average Bonchev–Trinajstić information content (AvgIpc) is 2.33. The summed E-state index contributed by atoms with van der Waals surface area (Å²) in [7, 11) is 0. The highest BCUT2D eigenvalue weighted by molar-refractivity contribution is 5.92. The van der Waals surface area contributed by atoms with Gasteiger partial charge < -0.3 is 20.8 Å². The fourth-order valence-corrected chi connectivity index (χ4v) is 1.65. The number of aliphatic hydroxyl groups is 2. The Morgan fingerprint density at radius 2 is 1.46 bits per heavy atom. The summed E-state index contributed by atoms with van der Waals surface area (Å²) in [5, 5.41) is 23.7. The average molecular weight is 342 g/mol. The minimum atomic E-state index is -0.856. The second kappa shape index (κ2) is 10.3. The fourth-order valence-electron chi connectivity index (χ4n) is 1.65. The summed E-state index contributed by atoms with van der Waals surface area (Å²) < 4.78 is 0. The van der Waals surface area contributed by atoms with Crippen LogP contribution in [0.15, 0.2) is 24.3 Å². The van der Waals surface area contributed by atoms with Crippen LogP contribution < -0.4 is 10.6 Å². The highest BCUT2D eigenvalue weighted by atomic mass is 16.3. The molecular formula is C18H34N2O4. The van der Waals surface area contributed by atoms with E-state index in [1.807, 2.05) is 13.8 Å². The van der Waals surface area contributed by atoms with Crippen molar-refractivity contribution in [2.24, 2.45) is 0 Å². The summed E-state index contributed by atoms with van der Waals surface area (Å²) in [4.78, 5) is 22.1. The van der Waals surface area contributed by atoms with Crippen LogP contribution in [0.3, 0.4) is 0 Å². The predicted octanol–water partition coefficient (Wildman–Crippen LogP) is 1.68. The highest BCUT2D eigenvalue weighted by Gasteiger charge is 2.22. The lowest BCUT2D eigenvalue weighted by atomic mass is 9.97. The van der Waals surface area contributed by atoms with Gasteiger partial charge >= 0.3 is 0 Å². The third kappa shape index (κ3) is 15.2. The molecule has 0 fully saturated rings. The minimum Gasteiger partial charge on any atom is -0.393 e. The number of hydrogen-bond donors (Lipinski definition) is 4. The Morgan fingerprint density at radius 1 is 1.04 bits per heavy atom. The summed E-state index contributed by atoms with van der Waals surface area (Å²) in [5.41, 5.74) is -0.303. The van der Waals surface area contributed by atoms with Crippen LogP contribution >= 0.6 is 0 Å². The van der Waals surface area contributed by atoms with E-state index in [2.05, 4.69) is 23.8 Å². The van der Waals surface area contributed by atoms with E-state index in [9.17, 15) is 14.7 Å². The van der Waals surface area contributed by atoms with Crippen LogP contribution in [0.25, 0.3) is 0 Å². The van der Waals surface area contributed by atoms with Crippen LogP contribution in [-0.2, 0) is 9.59 Å². The number of amides is 2. The third-order valence-electron chi connectivity index (χ3n) is 2.71. The Morgan fingerprint density at radius 3 is 1.75 bits per heavy atom. The lowest BCUT2D eigenvalue weighted by Crippen LogP contribution is -2.45. The number of nitrogens with one attached hydrogen (secondary N) is 2. The molecule has 0 heterocycles. The molecule has 0 aliphatic rings. The maximum Gasteiger partial charge on any atom is 0.246 e. The molecule has 1 unspecified atom stereocenters. The van der Waals surface area contributed by atoms with Crippen LogP contribution in [0.4, 0.5) is 0 Å². The molecule has 0 aromatic rings. The van der Waals surface area contributed by atoms with Gasteiger partial charge in [0.2, 0.25) is 11.8 Å². The Labute approximate surface area is 146 Å². The van der Waals surface area contributed by atoms with Crippen molar-refractivity contribution in [2.45, 2.75) is 72.1 Å². The zero-order valence-corrected chi connectivity index (χ0v) is 16.1. The quantitative estimate of drug-likeness (QED) is 0.529. The monoisotopic (exact) mass is 342 g/mol. The normalized spacial score (nSPS) is 12.4. The predicted molar refractivity (Wildman–Crippen MR) is 97.5 cm³/mol. The molecule has 0 spiro atoms. The second-order valence-electron chi connectivity index (χ2n) is 7.45. The van der Waals surface area contributed by atoms with Gasteiger partial charge in [-0.3, -0.25) is 9.59 Å².